The van der Waals surface area contributed by atoms with E-state index in [2.05, 4.69) is 4.98 Å². The Morgan fingerprint density at radius 2 is 1.53 bits per heavy atom. The molecule has 0 unspecified atom stereocenters. The lowest BCUT2D eigenvalue weighted by Gasteiger charge is -2.16. The van der Waals surface area contributed by atoms with Crippen molar-refractivity contribution in [1.82, 2.24) is 4.98 Å². The van der Waals surface area contributed by atoms with Crippen LogP contribution in [0.15, 0.2) is 34.4 Å². The second-order valence-corrected chi connectivity index (χ2v) is 8.56. The molecular weight excluding hydrogens is 422 g/mol. The van der Waals surface area contributed by atoms with Gasteiger partial charge in [0.1, 0.15) is 0 Å². The van der Waals surface area contributed by atoms with Crippen molar-refractivity contribution in [1.29, 1.82) is 0 Å². The van der Waals surface area contributed by atoms with E-state index in [1.165, 1.54) is 36.9 Å². The normalized spacial score (nSPS) is 11.1. The van der Waals surface area contributed by atoms with Crippen LogP contribution >= 0.6 is 22.7 Å². The van der Waals surface area contributed by atoms with Crippen LogP contribution in [0.1, 0.15) is 32.1 Å². The fraction of sp³-hybridized carbons (Fsp3) is 0.182. The first kappa shape index (κ1) is 20.2. The Kier molecular flexibility index (Phi) is 5.13. The van der Waals surface area contributed by atoms with Crippen molar-refractivity contribution in [2.75, 3.05) is 14.2 Å². The van der Waals surface area contributed by atoms with Crippen molar-refractivity contribution in [3.63, 3.8) is 0 Å². The summed E-state index contributed by atoms with van der Waals surface area (Å²) in [7, 11) is 2.50. The van der Waals surface area contributed by atoms with Gasteiger partial charge in [0.15, 0.2) is 0 Å². The molecule has 0 aliphatic carbocycles. The molecule has 4 aromatic rings. The van der Waals surface area contributed by atoms with Crippen LogP contribution in [0.25, 0.3) is 30.6 Å². The lowest BCUT2D eigenvalue weighted by molar-refractivity contribution is 0.0599. The number of aromatic nitrogens is 1. The smallest absolute Gasteiger partial charge is 0.340 e. The third-order valence-corrected chi connectivity index (χ3v) is 7.21. The Balaban J connectivity index is 2.16. The van der Waals surface area contributed by atoms with Gasteiger partial charge in [0.2, 0.25) is 5.43 Å². The topological polar surface area (TPSA) is 82.6 Å². The highest BCUT2D eigenvalue weighted by atomic mass is 32.1. The van der Waals surface area contributed by atoms with E-state index in [1.807, 2.05) is 24.3 Å². The van der Waals surface area contributed by atoms with E-state index in [4.69, 9.17) is 9.47 Å². The van der Waals surface area contributed by atoms with E-state index in [1.54, 1.807) is 19.2 Å². The standard InChI is InChI=1S/C22H17NO5S2/c1-10-15(21(25)27-3)17(16(11(2)23-10)22(26)28-4)13-9-29-19-12-7-5-6-8-14(12)30-20(19)18(13)24/h5-9H,1-4H3. The minimum Gasteiger partial charge on any atom is -0.465 e. The minimum atomic E-state index is -0.666. The van der Waals surface area contributed by atoms with Crippen LogP contribution < -0.4 is 5.43 Å². The molecule has 1 aromatic carbocycles. The number of hydrogen-bond acceptors (Lipinski definition) is 8. The second kappa shape index (κ2) is 7.62. The van der Waals surface area contributed by atoms with Crippen molar-refractivity contribution in [2.45, 2.75) is 13.8 Å². The Bertz CT molecular complexity index is 1360. The van der Waals surface area contributed by atoms with Gasteiger partial charge in [-0.1, -0.05) is 18.2 Å². The van der Waals surface area contributed by atoms with Crippen LogP contribution in [0.4, 0.5) is 0 Å². The molecule has 0 N–H and O–H groups in total. The molecule has 0 bridgehead atoms. The van der Waals surface area contributed by atoms with Gasteiger partial charge in [0.05, 0.1) is 46.1 Å². The average Bonchev–Trinajstić information content (AvgIpc) is 3.12. The van der Waals surface area contributed by atoms with Gasteiger partial charge < -0.3 is 9.47 Å². The number of nitrogens with zero attached hydrogens (tertiary/aromatic N) is 1. The predicted octanol–water partition coefficient (Wildman–Crippen LogP) is 4.73. The molecule has 0 saturated heterocycles. The summed E-state index contributed by atoms with van der Waals surface area (Å²) in [6.07, 6.45) is 0. The number of rotatable bonds is 3. The zero-order chi connectivity index (χ0) is 21.6. The molecule has 3 heterocycles. The summed E-state index contributed by atoms with van der Waals surface area (Å²) in [5.74, 6) is -1.33. The van der Waals surface area contributed by atoms with Crippen LogP contribution in [-0.2, 0) is 9.47 Å². The van der Waals surface area contributed by atoms with Gasteiger partial charge in [-0.15, -0.1) is 22.7 Å². The van der Waals surface area contributed by atoms with E-state index in [0.717, 1.165) is 14.8 Å². The number of ether oxygens (including phenoxy) is 2. The van der Waals surface area contributed by atoms with Crippen LogP contribution in [0, 0.1) is 13.8 Å². The third-order valence-electron chi connectivity index (χ3n) is 4.90. The first-order valence-corrected chi connectivity index (χ1v) is 10.7. The van der Waals surface area contributed by atoms with E-state index >= 15 is 0 Å². The van der Waals surface area contributed by atoms with E-state index < -0.39 is 11.9 Å². The Morgan fingerprint density at radius 3 is 2.13 bits per heavy atom. The fourth-order valence-electron chi connectivity index (χ4n) is 3.58. The molecule has 4 rings (SSSR count). The molecule has 0 aliphatic rings. The highest BCUT2D eigenvalue weighted by Gasteiger charge is 2.29. The Labute approximate surface area is 179 Å². The maximum absolute atomic E-state index is 13.5. The zero-order valence-electron chi connectivity index (χ0n) is 16.7. The fourth-order valence-corrected chi connectivity index (χ4v) is 5.93. The van der Waals surface area contributed by atoms with Gasteiger partial charge in [-0.2, -0.15) is 0 Å². The number of carbonyl (C=O) groups is 2. The first-order chi connectivity index (χ1) is 14.4. The molecule has 152 valence electrons. The third kappa shape index (κ3) is 3.00. The molecule has 0 amide bonds. The quantitative estimate of drug-likeness (QED) is 0.429. The molecule has 0 fully saturated rings. The summed E-state index contributed by atoms with van der Waals surface area (Å²) in [6, 6.07) is 7.80. The molecular formula is C22H17NO5S2. The van der Waals surface area contributed by atoms with Gasteiger partial charge in [-0.3, -0.25) is 9.78 Å². The number of esters is 2. The number of hydrogen-bond donors (Lipinski definition) is 0. The molecule has 0 atom stereocenters. The molecule has 6 nitrogen and oxygen atoms in total. The van der Waals surface area contributed by atoms with Crippen molar-refractivity contribution in [3.8, 4) is 11.1 Å². The zero-order valence-corrected chi connectivity index (χ0v) is 18.3. The van der Waals surface area contributed by atoms with Crippen molar-refractivity contribution >= 4 is 54.1 Å². The first-order valence-electron chi connectivity index (χ1n) is 9.00. The van der Waals surface area contributed by atoms with Gasteiger partial charge in [0, 0.05) is 26.6 Å². The number of benzene rings is 1. The van der Waals surface area contributed by atoms with Crippen LogP contribution in [0.2, 0.25) is 0 Å². The maximum Gasteiger partial charge on any atom is 0.340 e. The number of pyridine rings is 1. The van der Waals surface area contributed by atoms with Crippen LogP contribution in [0.3, 0.4) is 0 Å². The highest BCUT2D eigenvalue weighted by Crippen LogP contribution is 2.38. The molecule has 8 heteroatoms. The Morgan fingerprint density at radius 1 is 0.933 bits per heavy atom. The van der Waals surface area contributed by atoms with Crippen molar-refractivity contribution in [3.05, 3.63) is 62.4 Å². The summed E-state index contributed by atoms with van der Waals surface area (Å²) >= 11 is 2.80. The van der Waals surface area contributed by atoms with E-state index in [0.29, 0.717) is 16.1 Å². The number of carbonyl (C=O) groups excluding carboxylic acids is 2. The van der Waals surface area contributed by atoms with Gasteiger partial charge >= 0.3 is 11.9 Å². The van der Waals surface area contributed by atoms with Crippen LogP contribution in [-0.4, -0.2) is 31.1 Å². The highest BCUT2D eigenvalue weighted by molar-refractivity contribution is 7.31. The summed E-state index contributed by atoms with van der Waals surface area (Å²) in [5, 5.41) is 2.70. The number of aryl methyl sites for hydroxylation is 2. The van der Waals surface area contributed by atoms with Crippen molar-refractivity contribution < 1.29 is 19.1 Å². The van der Waals surface area contributed by atoms with Crippen molar-refractivity contribution in [2.24, 2.45) is 0 Å². The molecule has 0 radical (unpaired) electrons. The average molecular weight is 440 g/mol. The number of thiophene rings is 1. The predicted molar refractivity (Wildman–Crippen MR) is 119 cm³/mol. The van der Waals surface area contributed by atoms with Gasteiger partial charge in [0.25, 0.3) is 0 Å². The lowest BCUT2D eigenvalue weighted by atomic mass is 9.93. The van der Waals surface area contributed by atoms with Gasteiger partial charge in [-0.25, -0.2) is 9.59 Å². The molecule has 0 aliphatic heterocycles. The number of methoxy groups -OCH3 is 2. The summed E-state index contributed by atoms with van der Waals surface area (Å²) in [4.78, 5) is 43.1. The second-order valence-electron chi connectivity index (χ2n) is 6.63. The minimum absolute atomic E-state index is 0.0910. The largest absolute Gasteiger partial charge is 0.465 e. The van der Waals surface area contributed by atoms with Gasteiger partial charge in [-0.05, 0) is 19.9 Å². The number of fused-ring (bicyclic) bond motifs is 3. The summed E-state index contributed by atoms with van der Waals surface area (Å²) in [6.45, 7) is 3.30. The molecule has 30 heavy (non-hydrogen) atoms. The molecule has 0 saturated carbocycles. The van der Waals surface area contributed by atoms with E-state index in [-0.39, 0.29) is 27.7 Å². The molecule has 3 aromatic heterocycles. The maximum atomic E-state index is 13.5. The lowest BCUT2D eigenvalue weighted by Crippen LogP contribution is -2.18. The summed E-state index contributed by atoms with van der Waals surface area (Å²) in [5.41, 5.74) is 1.16. The Hall–Kier alpha value is -3.10. The monoisotopic (exact) mass is 439 g/mol. The SMILES string of the molecule is COC(=O)c1c(C)nc(C)c(C(=O)OC)c1-c1csc2c(sc3ccccc32)c1=O. The van der Waals surface area contributed by atoms with Crippen LogP contribution in [0.5, 0.6) is 0 Å². The van der Waals surface area contributed by atoms with E-state index in [9.17, 15) is 14.4 Å². The summed E-state index contributed by atoms with van der Waals surface area (Å²) < 4.78 is 12.3. The molecule has 0 spiro atoms.